The van der Waals surface area contributed by atoms with Crippen LogP contribution >= 0.6 is 0 Å². The van der Waals surface area contributed by atoms with E-state index < -0.39 is 0 Å². The molecule has 0 aliphatic carbocycles. The summed E-state index contributed by atoms with van der Waals surface area (Å²) < 4.78 is 1.81. The molecule has 27 heavy (non-hydrogen) atoms. The minimum absolute atomic E-state index is 0.0891. The van der Waals surface area contributed by atoms with Gasteiger partial charge in [-0.05, 0) is 18.4 Å². The van der Waals surface area contributed by atoms with Crippen LogP contribution in [0.25, 0.3) is 11.0 Å². The lowest BCUT2D eigenvalue weighted by molar-refractivity contribution is -0.121. The second-order valence-electron chi connectivity index (χ2n) is 6.44. The number of benzene rings is 1. The highest BCUT2D eigenvalue weighted by molar-refractivity contribution is 5.86. The van der Waals surface area contributed by atoms with E-state index in [0.29, 0.717) is 19.5 Å². The van der Waals surface area contributed by atoms with Gasteiger partial charge in [0.05, 0.1) is 18.1 Å². The van der Waals surface area contributed by atoms with Gasteiger partial charge in [-0.1, -0.05) is 43.7 Å². The maximum Gasteiger partial charge on any atom is 0.220 e. The van der Waals surface area contributed by atoms with Crippen molar-refractivity contribution in [3.05, 3.63) is 48.4 Å². The lowest BCUT2D eigenvalue weighted by Gasteiger charge is -2.08. The molecule has 0 saturated heterocycles. The third-order valence-electron chi connectivity index (χ3n) is 4.39. The van der Waals surface area contributed by atoms with Gasteiger partial charge in [0.1, 0.15) is 12.1 Å². The van der Waals surface area contributed by atoms with Crippen molar-refractivity contribution in [3.8, 4) is 0 Å². The lowest BCUT2D eigenvalue weighted by atomic mass is 10.1. The van der Waals surface area contributed by atoms with Crippen LogP contribution in [-0.2, 0) is 17.8 Å². The Bertz CT molecular complexity index is 861. The van der Waals surface area contributed by atoms with Crippen LogP contribution in [0, 0.1) is 0 Å². The number of anilines is 1. The first-order valence-corrected chi connectivity index (χ1v) is 9.49. The molecule has 0 fully saturated rings. The molecule has 0 aliphatic heterocycles. The van der Waals surface area contributed by atoms with Gasteiger partial charge in [0, 0.05) is 19.5 Å². The molecular weight excluding hydrogens is 340 g/mol. The molecule has 0 bridgehead atoms. The van der Waals surface area contributed by atoms with Crippen LogP contribution in [0.5, 0.6) is 0 Å². The van der Waals surface area contributed by atoms with Crippen LogP contribution in [0.4, 0.5) is 5.82 Å². The average molecular weight is 366 g/mol. The van der Waals surface area contributed by atoms with Gasteiger partial charge in [-0.25, -0.2) is 14.6 Å². The highest BCUT2D eigenvalue weighted by Crippen LogP contribution is 2.18. The minimum Gasteiger partial charge on any atom is -0.369 e. The van der Waals surface area contributed by atoms with E-state index in [1.807, 2.05) is 18.2 Å². The number of unbranched alkanes of at least 4 members (excludes halogenated alkanes) is 1. The van der Waals surface area contributed by atoms with E-state index in [1.54, 1.807) is 17.2 Å². The molecule has 1 aromatic carbocycles. The molecule has 142 valence electrons. The number of fused-ring (bicyclic) bond motifs is 1. The summed E-state index contributed by atoms with van der Waals surface area (Å²) in [5, 5.41) is 11.6. The van der Waals surface area contributed by atoms with Crippen molar-refractivity contribution in [2.45, 2.75) is 39.2 Å². The largest absolute Gasteiger partial charge is 0.369 e. The number of nitrogens with zero attached hydrogens (tertiary/aromatic N) is 4. The molecule has 0 radical (unpaired) electrons. The summed E-state index contributed by atoms with van der Waals surface area (Å²) in [4.78, 5) is 20.4. The van der Waals surface area contributed by atoms with Gasteiger partial charge in [-0.15, -0.1) is 0 Å². The number of hydrogen-bond acceptors (Lipinski definition) is 5. The zero-order valence-corrected chi connectivity index (χ0v) is 15.7. The molecule has 3 rings (SSSR count). The van der Waals surface area contributed by atoms with Crippen molar-refractivity contribution in [2.24, 2.45) is 0 Å². The van der Waals surface area contributed by atoms with E-state index in [0.717, 1.165) is 42.7 Å². The standard InChI is InChI=1S/C20H26N6O/c1-2-3-9-18(27)21-12-13-26-20-17(14-25-26)19(23-15-24-20)22-11-10-16-7-5-4-6-8-16/h4-8,14-15H,2-3,9-13H2,1H3,(H,21,27)(H,22,23,24). The van der Waals surface area contributed by atoms with Crippen LogP contribution in [-0.4, -0.2) is 38.7 Å². The van der Waals surface area contributed by atoms with E-state index in [-0.39, 0.29) is 5.91 Å². The average Bonchev–Trinajstić information content (AvgIpc) is 3.11. The van der Waals surface area contributed by atoms with Crippen molar-refractivity contribution >= 4 is 22.8 Å². The zero-order chi connectivity index (χ0) is 18.9. The summed E-state index contributed by atoms with van der Waals surface area (Å²) in [5.41, 5.74) is 2.06. The van der Waals surface area contributed by atoms with Crippen LogP contribution in [0.1, 0.15) is 31.7 Å². The molecule has 2 aromatic heterocycles. The van der Waals surface area contributed by atoms with Gasteiger partial charge in [0.15, 0.2) is 5.65 Å². The smallest absolute Gasteiger partial charge is 0.220 e. The van der Waals surface area contributed by atoms with Crippen molar-refractivity contribution in [3.63, 3.8) is 0 Å². The summed E-state index contributed by atoms with van der Waals surface area (Å²) in [6, 6.07) is 10.3. The number of aromatic nitrogens is 4. The number of hydrogen-bond donors (Lipinski definition) is 2. The SMILES string of the molecule is CCCCC(=O)NCCn1ncc2c(NCCc3ccccc3)ncnc21. The summed E-state index contributed by atoms with van der Waals surface area (Å²) in [7, 11) is 0. The van der Waals surface area contributed by atoms with Gasteiger partial charge in [-0.3, -0.25) is 4.79 Å². The second kappa shape index (κ2) is 9.66. The highest BCUT2D eigenvalue weighted by Gasteiger charge is 2.10. The number of carbonyl (C=O) groups is 1. The van der Waals surface area contributed by atoms with Gasteiger partial charge in [0.25, 0.3) is 0 Å². The molecule has 1 amide bonds. The molecule has 0 spiro atoms. The minimum atomic E-state index is 0.0891. The fourth-order valence-corrected chi connectivity index (χ4v) is 2.89. The van der Waals surface area contributed by atoms with Crippen LogP contribution in [0.15, 0.2) is 42.9 Å². The molecule has 0 atom stereocenters. The number of nitrogens with one attached hydrogen (secondary N) is 2. The highest BCUT2D eigenvalue weighted by atomic mass is 16.1. The molecule has 0 aliphatic rings. The summed E-state index contributed by atoms with van der Waals surface area (Å²) in [6.07, 6.45) is 6.76. The van der Waals surface area contributed by atoms with E-state index >= 15 is 0 Å². The molecule has 3 aromatic rings. The molecule has 7 heteroatoms. The Morgan fingerprint density at radius 3 is 2.81 bits per heavy atom. The van der Waals surface area contributed by atoms with Gasteiger partial charge in [-0.2, -0.15) is 5.10 Å². The van der Waals surface area contributed by atoms with E-state index in [2.05, 4.69) is 44.8 Å². The van der Waals surface area contributed by atoms with Gasteiger partial charge >= 0.3 is 0 Å². The van der Waals surface area contributed by atoms with Crippen molar-refractivity contribution in [2.75, 3.05) is 18.4 Å². The van der Waals surface area contributed by atoms with Crippen molar-refractivity contribution < 1.29 is 4.79 Å². The lowest BCUT2D eigenvalue weighted by Crippen LogP contribution is -2.27. The Morgan fingerprint density at radius 1 is 1.15 bits per heavy atom. The summed E-state index contributed by atoms with van der Waals surface area (Å²) in [6.45, 7) is 3.99. The molecule has 0 unspecified atom stereocenters. The fourth-order valence-electron chi connectivity index (χ4n) is 2.89. The van der Waals surface area contributed by atoms with Crippen molar-refractivity contribution in [1.29, 1.82) is 0 Å². The van der Waals surface area contributed by atoms with Gasteiger partial charge < -0.3 is 10.6 Å². The Labute approximate surface area is 159 Å². The summed E-state index contributed by atoms with van der Waals surface area (Å²) in [5.74, 6) is 0.875. The fraction of sp³-hybridized carbons (Fsp3) is 0.400. The molecule has 2 N–H and O–H groups in total. The molecule has 7 nitrogen and oxygen atoms in total. The Kier molecular flexibility index (Phi) is 6.73. The first kappa shape index (κ1) is 18.8. The number of rotatable bonds is 10. The molecular formula is C20H26N6O. The zero-order valence-electron chi connectivity index (χ0n) is 15.7. The number of amides is 1. The van der Waals surface area contributed by atoms with E-state index in [1.165, 1.54) is 5.56 Å². The van der Waals surface area contributed by atoms with E-state index in [9.17, 15) is 4.79 Å². The maximum absolute atomic E-state index is 11.7. The van der Waals surface area contributed by atoms with Crippen LogP contribution in [0.3, 0.4) is 0 Å². The third-order valence-corrected chi connectivity index (χ3v) is 4.39. The normalized spacial score (nSPS) is 10.9. The monoisotopic (exact) mass is 366 g/mol. The maximum atomic E-state index is 11.7. The van der Waals surface area contributed by atoms with Crippen LogP contribution < -0.4 is 10.6 Å². The molecule has 0 saturated carbocycles. The van der Waals surface area contributed by atoms with E-state index in [4.69, 9.17) is 0 Å². The second-order valence-corrected chi connectivity index (χ2v) is 6.44. The molecule has 2 heterocycles. The predicted molar refractivity (Wildman–Crippen MR) is 106 cm³/mol. The first-order chi connectivity index (χ1) is 13.3. The Balaban J connectivity index is 1.56. The van der Waals surface area contributed by atoms with Crippen LogP contribution in [0.2, 0.25) is 0 Å². The summed E-state index contributed by atoms with van der Waals surface area (Å²) >= 11 is 0. The topological polar surface area (TPSA) is 84.7 Å². The van der Waals surface area contributed by atoms with Crippen molar-refractivity contribution in [1.82, 2.24) is 25.1 Å². The quantitative estimate of drug-likeness (QED) is 0.576. The first-order valence-electron chi connectivity index (χ1n) is 9.49. The van der Waals surface area contributed by atoms with Gasteiger partial charge in [0.2, 0.25) is 5.91 Å². The Morgan fingerprint density at radius 2 is 2.00 bits per heavy atom. The Hall–Kier alpha value is -2.96. The number of carbonyl (C=O) groups excluding carboxylic acids is 1. The third kappa shape index (κ3) is 5.26. The predicted octanol–water partition coefficient (Wildman–Crippen LogP) is 2.79.